The van der Waals surface area contributed by atoms with Crippen LogP contribution in [0.25, 0.3) is 0 Å². The second kappa shape index (κ2) is 11.1. The molecule has 1 aromatic rings. The van der Waals surface area contributed by atoms with E-state index in [2.05, 4.69) is 10.2 Å². The summed E-state index contributed by atoms with van der Waals surface area (Å²) in [5.41, 5.74) is 1.01. The van der Waals surface area contributed by atoms with Gasteiger partial charge in [-0.25, -0.2) is 0 Å². The largest absolute Gasteiger partial charge is 0.493 e. The third-order valence-corrected chi connectivity index (χ3v) is 4.38. The second-order valence-corrected chi connectivity index (χ2v) is 6.71. The molecular weight excluding hydrogens is 350 g/mol. The molecule has 8 nitrogen and oxygen atoms in total. The van der Waals surface area contributed by atoms with Crippen LogP contribution in [0.1, 0.15) is 5.56 Å². The van der Waals surface area contributed by atoms with Gasteiger partial charge in [0.05, 0.1) is 26.9 Å². The number of hydrogen-bond acceptors (Lipinski definition) is 7. The summed E-state index contributed by atoms with van der Waals surface area (Å²) in [6, 6.07) is 5.67. The molecule has 1 aliphatic rings. The number of carbonyl (C=O) groups is 1. The molecule has 1 fully saturated rings. The van der Waals surface area contributed by atoms with Crippen molar-refractivity contribution in [1.29, 1.82) is 0 Å². The molecule has 2 N–H and O–H groups in total. The highest BCUT2D eigenvalue weighted by atomic mass is 16.5. The normalized spacial score (nSPS) is 16.2. The molecule has 0 unspecified atom stereocenters. The number of carbonyl (C=O) groups excluding carboxylic acids is 1. The van der Waals surface area contributed by atoms with Crippen LogP contribution in [0.2, 0.25) is 0 Å². The lowest BCUT2D eigenvalue weighted by Gasteiger charge is -2.28. The zero-order chi connectivity index (χ0) is 19.6. The fourth-order valence-electron chi connectivity index (χ4n) is 2.94. The predicted octanol–water partition coefficient (Wildman–Crippen LogP) is -0.0551. The molecule has 1 heterocycles. The van der Waals surface area contributed by atoms with E-state index in [0.717, 1.165) is 18.7 Å². The maximum Gasteiger partial charge on any atom is 0.233 e. The van der Waals surface area contributed by atoms with Gasteiger partial charge in [-0.15, -0.1) is 0 Å². The van der Waals surface area contributed by atoms with Crippen LogP contribution in [-0.2, 0) is 16.1 Å². The SMILES string of the molecule is CNC(=O)CN(C)Cc1ccc(OC[C@@H](O)CN2CCOCC2)c(OC)c1. The molecule has 0 bridgehead atoms. The summed E-state index contributed by atoms with van der Waals surface area (Å²) >= 11 is 0. The van der Waals surface area contributed by atoms with Gasteiger partial charge in [-0.1, -0.05) is 6.07 Å². The van der Waals surface area contributed by atoms with Crippen LogP contribution >= 0.6 is 0 Å². The Bertz CT molecular complexity index is 593. The van der Waals surface area contributed by atoms with E-state index in [4.69, 9.17) is 14.2 Å². The summed E-state index contributed by atoms with van der Waals surface area (Å²) in [5.74, 6) is 1.18. The Balaban J connectivity index is 1.86. The van der Waals surface area contributed by atoms with Gasteiger partial charge in [0.15, 0.2) is 11.5 Å². The van der Waals surface area contributed by atoms with E-state index in [1.807, 2.05) is 30.1 Å². The Morgan fingerprint density at radius 1 is 1.37 bits per heavy atom. The van der Waals surface area contributed by atoms with Gasteiger partial charge >= 0.3 is 0 Å². The second-order valence-electron chi connectivity index (χ2n) is 6.71. The number of aliphatic hydroxyl groups excluding tert-OH is 1. The van der Waals surface area contributed by atoms with E-state index in [9.17, 15) is 9.90 Å². The number of rotatable bonds is 10. The van der Waals surface area contributed by atoms with Crippen molar-refractivity contribution in [3.63, 3.8) is 0 Å². The Kier molecular flexibility index (Phi) is 8.80. The molecule has 1 atom stereocenters. The average molecular weight is 381 g/mol. The van der Waals surface area contributed by atoms with Crippen LogP contribution in [0.15, 0.2) is 18.2 Å². The molecule has 8 heteroatoms. The van der Waals surface area contributed by atoms with E-state index in [0.29, 0.717) is 44.3 Å². The minimum atomic E-state index is -0.578. The van der Waals surface area contributed by atoms with E-state index < -0.39 is 6.10 Å². The lowest BCUT2D eigenvalue weighted by Crippen LogP contribution is -2.42. The standard InChI is InChI=1S/C19H31N3O5/c1-20-19(24)13-21(2)11-15-4-5-17(18(10-15)25-3)27-14-16(23)12-22-6-8-26-9-7-22/h4-5,10,16,23H,6-9,11-14H2,1-3H3,(H,20,24)/t16-/m0/s1. The molecule has 0 radical (unpaired) electrons. The maximum atomic E-state index is 11.4. The quantitative estimate of drug-likeness (QED) is 0.588. The first-order chi connectivity index (χ1) is 13.0. The molecule has 152 valence electrons. The summed E-state index contributed by atoms with van der Waals surface area (Å²) in [4.78, 5) is 15.5. The number of morpholine rings is 1. The van der Waals surface area contributed by atoms with Crippen LogP contribution in [0, 0.1) is 0 Å². The molecule has 1 aromatic carbocycles. The number of benzene rings is 1. The van der Waals surface area contributed by atoms with Crippen molar-refractivity contribution in [3.8, 4) is 11.5 Å². The number of likely N-dealkylation sites (N-methyl/N-ethyl adjacent to an activating group) is 2. The number of nitrogens with one attached hydrogen (secondary N) is 1. The van der Waals surface area contributed by atoms with Crippen molar-refractivity contribution in [1.82, 2.24) is 15.1 Å². The number of amides is 1. The average Bonchev–Trinajstić information content (AvgIpc) is 2.67. The first-order valence-electron chi connectivity index (χ1n) is 9.18. The summed E-state index contributed by atoms with van der Waals surface area (Å²) in [6.45, 7) is 4.78. The smallest absolute Gasteiger partial charge is 0.233 e. The fourth-order valence-corrected chi connectivity index (χ4v) is 2.94. The molecule has 0 spiro atoms. The number of hydrogen-bond donors (Lipinski definition) is 2. The fraction of sp³-hybridized carbons (Fsp3) is 0.632. The van der Waals surface area contributed by atoms with Crippen LogP contribution in [-0.4, -0.2) is 94.1 Å². The summed E-state index contributed by atoms with van der Waals surface area (Å²) < 4.78 is 16.5. The molecule has 0 aliphatic carbocycles. The first kappa shape index (κ1) is 21.4. The van der Waals surface area contributed by atoms with Crippen LogP contribution in [0.4, 0.5) is 0 Å². The van der Waals surface area contributed by atoms with Crippen molar-refractivity contribution in [2.24, 2.45) is 0 Å². The summed E-state index contributed by atoms with van der Waals surface area (Å²) in [5, 5.41) is 12.8. The Morgan fingerprint density at radius 3 is 2.78 bits per heavy atom. The Hall–Kier alpha value is -1.87. The zero-order valence-electron chi connectivity index (χ0n) is 16.4. The van der Waals surface area contributed by atoms with Crippen molar-refractivity contribution in [2.45, 2.75) is 12.6 Å². The molecule has 2 rings (SSSR count). The number of β-amino-alcohol motifs (C(OH)–C–C–N with tert-alkyl or cyclic N) is 1. The third-order valence-electron chi connectivity index (χ3n) is 4.38. The molecule has 1 saturated heterocycles. The van der Waals surface area contributed by atoms with Crippen LogP contribution < -0.4 is 14.8 Å². The predicted molar refractivity (Wildman–Crippen MR) is 102 cm³/mol. The highest BCUT2D eigenvalue weighted by Gasteiger charge is 2.16. The van der Waals surface area contributed by atoms with Gasteiger partial charge in [0, 0.05) is 33.2 Å². The number of ether oxygens (including phenoxy) is 3. The van der Waals surface area contributed by atoms with Gasteiger partial charge < -0.3 is 24.6 Å². The van der Waals surface area contributed by atoms with Gasteiger partial charge in [0.1, 0.15) is 12.7 Å². The molecule has 0 aromatic heterocycles. The van der Waals surface area contributed by atoms with E-state index in [1.54, 1.807) is 14.2 Å². The highest BCUT2D eigenvalue weighted by Crippen LogP contribution is 2.28. The van der Waals surface area contributed by atoms with Crippen LogP contribution in [0.5, 0.6) is 11.5 Å². The third kappa shape index (κ3) is 7.34. The topological polar surface area (TPSA) is 83.5 Å². The van der Waals surface area contributed by atoms with Gasteiger partial charge in [-0.2, -0.15) is 0 Å². The van der Waals surface area contributed by atoms with Crippen molar-refractivity contribution >= 4 is 5.91 Å². The minimum absolute atomic E-state index is 0.0290. The van der Waals surface area contributed by atoms with Crippen molar-refractivity contribution < 1.29 is 24.1 Å². The maximum absolute atomic E-state index is 11.4. The molecular formula is C19H31N3O5. The lowest BCUT2D eigenvalue weighted by atomic mass is 10.2. The van der Waals surface area contributed by atoms with E-state index in [1.165, 1.54) is 0 Å². The monoisotopic (exact) mass is 381 g/mol. The summed E-state index contributed by atoms with van der Waals surface area (Å²) in [6.07, 6.45) is -0.578. The Morgan fingerprint density at radius 2 is 2.11 bits per heavy atom. The Labute approximate surface area is 161 Å². The lowest BCUT2D eigenvalue weighted by molar-refractivity contribution is -0.121. The van der Waals surface area contributed by atoms with Gasteiger partial charge in [0.25, 0.3) is 0 Å². The molecule has 1 aliphatic heterocycles. The molecule has 27 heavy (non-hydrogen) atoms. The zero-order valence-corrected chi connectivity index (χ0v) is 16.4. The molecule has 0 saturated carbocycles. The molecule has 1 amide bonds. The van der Waals surface area contributed by atoms with Crippen molar-refractivity contribution in [2.75, 3.05) is 67.2 Å². The van der Waals surface area contributed by atoms with E-state index >= 15 is 0 Å². The van der Waals surface area contributed by atoms with E-state index in [-0.39, 0.29) is 12.5 Å². The minimum Gasteiger partial charge on any atom is -0.493 e. The first-order valence-corrected chi connectivity index (χ1v) is 9.18. The van der Waals surface area contributed by atoms with Gasteiger partial charge in [-0.05, 0) is 24.7 Å². The number of nitrogens with zero attached hydrogens (tertiary/aromatic N) is 2. The van der Waals surface area contributed by atoms with Crippen molar-refractivity contribution in [3.05, 3.63) is 23.8 Å². The summed E-state index contributed by atoms with van der Waals surface area (Å²) in [7, 11) is 5.09. The number of aliphatic hydroxyl groups is 1. The number of methoxy groups -OCH3 is 1. The van der Waals surface area contributed by atoms with Gasteiger partial charge in [0.2, 0.25) is 5.91 Å². The highest BCUT2D eigenvalue weighted by molar-refractivity contribution is 5.77. The van der Waals surface area contributed by atoms with Gasteiger partial charge in [-0.3, -0.25) is 14.6 Å². The van der Waals surface area contributed by atoms with Crippen LogP contribution in [0.3, 0.4) is 0 Å².